The molecule has 1 aromatic rings. The molecule has 0 fully saturated rings. The van der Waals surface area contributed by atoms with Gasteiger partial charge in [0.2, 0.25) is 23.6 Å². The van der Waals surface area contributed by atoms with Crippen LogP contribution in [0.1, 0.15) is 76.8 Å². The van der Waals surface area contributed by atoms with Gasteiger partial charge in [0.25, 0.3) is 0 Å². The van der Waals surface area contributed by atoms with Gasteiger partial charge in [-0.3, -0.25) is 34.6 Å². The molecule has 1 rings (SSSR count). The number of hydrogen-bond acceptors (Lipinski definition) is 7. The van der Waals surface area contributed by atoms with Gasteiger partial charge in [0.15, 0.2) is 11.9 Å². The lowest BCUT2D eigenvalue weighted by atomic mass is 10.0. The molecule has 4 amide bonds. The smallest absolute Gasteiger partial charge is 0.243 e. The van der Waals surface area contributed by atoms with E-state index in [1.807, 2.05) is 19.1 Å². The average Bonchev–Trinajstić information content (AvgIpc) is 3.03. The zero-order valence-corrected chi connectivity index (χ0v) is 28.3. The van der Waals surface area contributed by atoms with Gasteiger partial charge in [-0.25, -0.2) is 0 Å². The number of nitrogens with one attached hydrogen (secondary N) is 5. The van der Waals surface area contributed by atoms with Crippen LogP contribution in [0.2, 0.25) is 0 Å². The SMILES string of the molecule is CC/C=C\CCC(=O)N[C@@H](CCCN=C(N)N)C(=O)NC(C(=O)N[C@@H](CCCN=C(N)N)C(=O)NCc1ccc(C(=N)N)cc1)C(C)C. The highest BCUT2D eigenvalue weighted by Gasteiger charge is 2.31. The first-order chi connectivity index (χ1) is 22.7. The lowest BCUT2D eigenvalue weighted by Crippen LogP contribution is -2.58. The first kappa shape index (κ1) is 40.9. The van der Waals surface area contributed by atoms with Crippen molar-refractivity contribution < 1.29 is 19.2 Å². The van der Waals surface area contributed by atoms with Crippen LogP contribution in [0.25, 0.3) is 0 Å². The lowest BCUT2D eigenvalue weighted by Gasteiger charge is -2.27. The van der Waals surface area contributed by atoms with E-state index in [2.05, 4.69) is 31.3 Å². The number of carbonyl (C=O) groups excluding carboxylic acids is 4. The maximum atomic E-state index is 13.6. The van der Waals surface area contributed by atoms with Gasteiger partial charge < -0.3 is 49.9 Å². The van der Waals surface area contributed by atoms with Crippen molar-refractivity contribution in [2.24, 2.45) is 44.6 Å². The molecule has 0 radical (unpaired) electrons. The number of aliphatic imine (C=N–C) groups is 2. The summed E-state index contributed by atoms with van der Waals surface area (Å²) in [6.45, 7) is 6.18. The van der Waals surface area contributed by atoms with Crippen molar-refractivity contribution in [2.75, 3.05) is 13.1 Å². The zero-order chi connectivity index (χ0) is 36.1. The quantitative estimate of drug-likeness (QED) is 0.0330. The molecule has 16 nitrogen and oxygen atoms in total. The number of guanidine groups is 2. The molecule has 1 aromatic carbocycles. The van der Waals surface area contributed by atoms with Crippen LogP contribution in [0.3, 0.4) is 0 Å². The van der Waals surface area contributed by atoms with Crippen molar-refractivity contribution >= 4 is 41.4 Å². The number of amidine groups is 1. The van der Waals surface area contributed by atoms with Crippen LogP contribution in [-0.2, 0) is 25.7 Å². The zero-order valence-electron chi connectivity index (χ0n) is 28.3. The van der Waals surface area contributed by atoms with E-state index in [1.54, 1.807) is 38.1 Å². The Morgan fingerprint density at radius 2 is 1.35 bits per heavy atom. The van der Waals surface area contributed by atoms with Crippen LogP contribution in [0.15, 0.2) is 46.4 Å². The Bertz CT molecular complexity index is 1290. The summed E-state index contributed by atoms with van der Waals surface area (Å²) in [4.78, 5) is 60.9. The van der Waals surface area contributed by atoms with E-state index < -0.39 is 35.8 Å². The van der Waals surface area contributed by atoms with Crippen molar-refractivity contribution in [3.05, 3.63) is 47.5 Å². The van der Waals surface area contributed by atoms with E-state index in [9.17, 15) is 19.2 Å². The van der Waals surface area contributed by atoms with E-state index >= 15 is 0 Å². The minimum atomic E-state index is -1.02. The third kappa shape index (κ3) is 17.0. The number of rotatable bonds is 22. The Morgan fingerprint density at radius 3 is 1.85 bits per heavy atom. The first-order valence-electron chi connectivity index (χ1n) is 16.1. The molecule has 1 unspecified atom stereocenters. The number of nitrogen functional groups attached to an aromatic ring is 1. The van der Waals surface area contributed by atoms with Crippen molar-refractivity contribution in [3.8, 4) is 0 Å². The van der Waals surface area contributed by atoms with Gasteiger partial charge in [-0.05, 0) is 50.0 Å². The highest BCUT2D eigenvalue weighted by Crippen LogP contribution is 2.09. The van der Waals surface area contributed by atoms with Crippen LogP contribution in [0, 0.1) is 11.3 Å². The molecule has 0 bridgehead atoms. The number of amides is 4. The van der Waals surface area contributed by atoms with E-state index in [0.717, 1.165) is 12.0 Å². The Labute approximate surface area is 282 Å². The standard InChI is InChI=1S/C32H54N12O4/c1-4-5-6-7-12-25(45)42-24(11-9-18-40-32(37)38)29(47)44-26(20(2)3)30(48)43-23(10-8-17-39-31(35)36)28(46)41-19-21-13-15-22(16-14-21)27(33)34/h5-6,13-16,20,23-24,26H,4,7-12,17-19H2,1-3H3,(H3,33,34)(H,41,46)(H,42,45)(H,43,48)(H,44,47)(H4,35,36,39)(H4,37,38,40)/b6-5-/t23-,24-,26?/m0/s1. The average molecular weight is 671 g/mol. The summed E-state index contributed by atoms with van der Waals surface area (Å²) in [5, 5.41) is 18.7. The van der Waals surface area contributed by atoms with Gasteiger partial charge in [0.1, 0.15) is 24.0 Å². The highest BCUT2D eigenvalue weighted by atomic mass is 16.2. The van der Waals surface area contributed by atoms with Gasteiger partial charge in [-0.1, -0.05) is 57.2 Å². The molecular formula is C32H54N12O4. The van der Waals surface area contributed by atoms with Gasteiger partial charge in [-0.15, -0.1) is 0 Å². The molecule has 0 aliphatic rings. The Morgan fingerprint density at radius 1 is 0.792 bits per heavy atom. The van der Waals surface area contributed by atoms with Crippen LogP contribution < -0.4 is 49.9 Å². The molecule has 0 aliphatic heterocycles. The van der Waals surface area contributed by atoms with Crippen LogP contribution in [-0.4, -0.2) is 72.6 Å². The molecule has 16 heteroatoms. The third-order valence-electron chi connectivity index (χ3n) is 7.09. The third-order valence-corrected chi connectivity index (χ3v) is 7.09. The fourth-order valence-corrected chi connectivity index (χ4v) is 4.48. The predicted molar refractivity (Wildman–Crippen MR) is 188 cm³/mol. The number of nitrogens with two attached hydrogens (primary N) is 5. The van der Waals surface area contributed by atoms with Crippen LogP contribution in [0.4, 0.5) is 0 Å². The van der Waals surface area contributed by atoms with Gasteiger partial charge >= 0.3 is 0 Å². The summed E-state index contributed by atoms with van der Waals surface area (Å²) in [6, 6.07) is 3.90. The van der Waals surface area contributed by atoms with Crippen molar-refractivity contribution in [1.82, 2.24) is 21.3 Å². The molecule has 0 saturated carbocycles. The normalized spacial score (nSPS) is 12.8. The second kappa shape index (κ2) is 22.4. The fourth-order valence-electron chi connectivity index (χ4n) is 4.48. The van der Waals surface area contributed by atoms with E-state index in [1.165, 1.54) is 0 Å². The van der Waals surface area contributed by atoms with Crippen molar-refractivity contribution in [1.29, 1.82) is 5.41 Å². The number of carbonyl (C=O) groups is 4. The number of nitrogens with zero attached hydrogens (tertiary/aromatic N) is 2. The molecular weight excluding hydrogens is 616 g/mol. The first-order valence-corrected chi connectivity index (χ1v) is 16.1. The molecule has 0 saturated heterocycles. The molecule has 0 spiro atoms. The second-order valence-electron chi connectivity index (χ2n) is 11.6. The summed E-state index contributed by atoms with van der Waals surface area (Å²) >= 11 is 0. The lowest BCUT2D eigenvalue weighted by molar-refractivity contribution is -0.134. The Kier molecular flexibility index (Phi) is 19.1. The summed E-state index contributed by atoms with van der Waals surface area (Å²) in [5.41, 5.74) is 28.5. The van der Waals surface area contributed by atoms with Crippen molar-refractivity contribution in [2.45, 2.75) is 90.4 Å². The minimum Gasteiger partial charge on any atom is -0.384 e. The molecule has 3 atom stereocenters. The number of hydrogen-bond donors (Lipinski definition) is 10. The van der Waals surface area contributed by atoms with E-state index in [0.29, 0.717) is 24.8 Å². The summed E-state index contributed by atoms with van der Waals surface area (Å²) in [5.74, 6) is -2.47. The molecule has 48 heavy (non-hydrogen) atoms. The predicted octanol–water partition coefficient (Wildman–Crippen LogP) is -0.449. The maximum absolute atomic E-state index is 13.6. The molecule has 0 aliphatic carbocycles. The minimum absolute atomic E-state index is 0.0691. The number of benzene rings is 1. The highest BCUT2D eigenvalue weighted by molar-refractivity contribution is 5.95. The van der Waals surface area contributed by atoms with Crippen LogP contribution >= 0.6 is 0 Å². The Balaban J connectivity index is 3.07. The van der Waals surface area contributed by atoms with E-state index in [4.69, 9.17) is 34.1 Å². The van der Waals surface area contributed by atoms with Gasteiger partial charge in [0.05, 0.1) is 0 Å². The molecule has 0 aromatic heterocycles. The Hall–Kier alpha value is -5.15. The monoisotopic (exact) mass is 670 g/mol. The molecule has 15 N–H and O–H groups in total. The molecule has 266 valence electrons. The van der Waals surface area contributed by atoms with E-state index in [-0.39, 0.29) is 68.5 Å². The van der Waals surface area contributed by atoms with Gasteiger partial charge in [-0.2, -0.15) is 0 Å². The topological polar surface area (TPSA) is 295 Å². The van der Waals surface area contributed by atoms with Gasteiger partial charge in [0, 0.05) is 31.6 Å². The fraction of sp³-hybridized carbons (Fsp3) is 0.531. The summed E-state index contributed by atoms with van der Waals surface area (Å²) in [6.07, 6.45) is 6.67. The molecule has 0 heterocycles. The largest absolute Gasteiger partial charge is 0.384 e. The van der Waals surface area contributed by atoms with Crippen LogP contribution in [0.5, 0.6) is 0 Å². The second-order valence-corrected chi connectivity index (χ2v) is 11.6. The number of allylic oxidation sites excluding steroid dienone is 2. The van der Waals surface area contributed by atoms with Crippen molar-refractivity contribution in [3.63, 3.8) is 0 Å². The summed E-state index contributed by atoms with van der Waals surface area (Å²) in [7, 11) is 0. The maximum Gasteiger partial charge on any atom is 0.243 e. The summed E-state index contributed by atoms with van der Waals surface area (Å²) < 4.78 is 0.